The predicted molar refractivity (Wildman–Crippen MR) is 152 cm³/mol. The van der Waals surface area contributed by atoms with Gasteiger partial charge in [0.15, 0.2) is 5.78 Å². The molecule has 38 heavy (non-hydrogen) atoms. The predicted octanol–water partition coefficient (Wildman–Crippen LogP) is 6.98. The molecule has 1 fully saturated rings. The van der Waals surface area contributed by atoms with Gasteiger partial charge in [-0.15, -0.1) is 0 Å². The highest BCUT2D eigenvalue weighted by atomic mass is 16.4. The SMILES string of the molecule is CC(C)NCCC(=O)c1cn2c3c(cccc13)-c1c(C3CCCCC3)c3ccc(C(=O)O)cc3n1CCC2. The molecule has 6 heteroatoms. The van der Waals surface area contributed by atoms with Crippen LogP contribution in [0.1, 0.15) is 91.0 Å². The maximum Gasteiger partial charge on any atom is 0.335 e. The Morgan fingerprint density at radius 2 is 1.84 bits per heavy atom. The molecule has 3 heterocycles. The highest BCUT2D eigenvalue weighted by Crippen LogP contribution is 2.47. The van der Waals surface area contributed by atoms with Crippen LogP contribution in [-0.2, 0) is 13.1 Å². The second-order valence-electron chi connectivity index (χ2n) is 11.4. The van der Waals surface area contributed by atoms with Crippen LogP contribution in [0.25, 0.3) is 33.1 Å². The van der Waals surface area contributed by atoms with Gasteiger partial charge in [-0.1, -0.05) is 57.4 Å². The summed E-state index contributed by atoms with van der Waals surface area (Å²) in [5.41, 5.74) is 7.05. The van der Waals surface area contributed by atoms with Crippen molar-refractivity contribution in [3.8, 4) is 11.3 Å². The molecule has 1 aliphatic carbocycles. The molecule has 4 aromatic rings. The smallest absolute Gasteiger partial charge is 0.335 e. The highest BCUT2D eigenvalue weighted by molar-refractivity contribution is 6.12. The van der Waals surface area contributed by atoms with Crippen LogP contribution in [-0.4, -0.2) is 38.6 Å². The Kier molecular flexibility index (Phi) is 6.60. The Balaban J connectivity index is 1.58. The van der Waals surface area contributed by atoms with Gasteiger partial charge in [0.05, 0.1) is 16.8 Å². The van der Waals surface area contributed by atoms with Gasteiger partial charge in [-0.05, 0) is 42.9 Å². The van der Waals surface area contributed by atoms with Crippen LogP contribution < -0.4 is 5.32 Å². The van der Waals surface area contributed by atoms with Gasteiger partial charge in [-0.25, -0.2) is 4.79 Å². The quantitative estimate of drug-likeness (QED) is 0.262. The number of carboxylic acid groups (broad SMARTS) is 1. The molecule has 1 aliphatic heterocycles. The number of hydrogen-bond acceptors (Lipinski definition) is 3. The molecule has 0 amide bonds. The fraction of sp³-hybridized carbons (Fsp3) is 0.438. The molecular weight excluding hydrogens is 474 g/mol. The van der Waals surface area contributed by atoms with Crippen LogP contribution in [0.2, 0.25) is 0 Å². The standard InChI is InChI=1S/C32H37N3O3/c1-20(2)33-15-14-28(36)26-19-34-16-7-17-35-27-18-22(32(37)38)12-13-24(27)29(21-8-4-3-5-9-21)31(35)25-11-6-10-23(26)30(25)34/h6,10-13,18-21,33H,3-5,7-9,14-17H2,1-2H3,(H,37,38). The average molecular weight is 512 g/mol. The average Bonchev–Trinajstić information content (AvgIpc) is 3.43. The fourth-order valence-corrected chi connectivity index (χ4v) is 6.79. The number of carbonyl (C=O) groups excluding carboxylic acids is 1. The third-order valence-corrected chi connectivity index (χ3v) is 8.50. The van der Waals surface area contributed by atoms with Crippen LogP contribution in [0, 0.1) is 0 Å². The molecule has 0 unspecified atom stereocenters. The van der Waals surface area contributed by atoms with E-state index in [1.165, 1.54) is 35.9 Å². The van der Waals surface area contributed by atoms with Crippen molar-refractivity contribution in [2.75, 3.05) is 6.54 Å². The molecule has 2 aromatic heterocycles. The highest BCUT2D eigenvalue weighted by Gasteiger charge is 2.30. The minimum Gasteiger partial charge on any atom is -0.478 e. The van der Waals surface area contributed by atoms with Crippen molar-refractivity contribution in [1.82, 2.24) is 14.5 Å². The number of carbonyl (C=O) groups is 2. The number of hydrogen-bond donors (Lipinski definition) is 2. The number of aryl methyl sites for hydroxylation is 2. The van der Waals surface area contributed by atoms with E-state index in [9.17, 15) is 14.7 Å². The maximum absolute atomic E-state index is 13.4. The van der Waals surface area contributed by atoms with E-state index in [1.807, 2.05) is 12.1 Å². The molecule has 0 bridgehead atoms. The maximum atomic E-state index is 13.4. The second kappa shape index (κ2) is 10.1. The number of nitrogens with zero attached hydrogens (tertiary/aromatic N) is 2. The molecule has 0 spiro atoms. The van der Waals surface area contributed by atoms with Gasteiger partial charge >= 0.3 is 5.97 Å². The first-order chi connectivity index (χ1) is 18.4. The Hall–Kier alpha value is -3.38. The lowest BCUT2D eigenvalue weighted by Crippen LogP contribution is -2.25. The summed E-state index contributed by atoms with van der Waals surface area (Å²) in [4.78, 5) is 25.3. The summed E-state index contributed by atoms with van der Waals surface area (Å²) >= 11 is 0. The Morgan fingerprint density at radius 3 is 2.61 bits per heavy atom. The first-order valence-corrected chi connectivity index (χ1v) is 14.2. The number of aromatic nitrogens is 2. The number of aromatic carboxylic acids is 1. The van der Waals surface area contributed by atoms with Crippen molar-refractivity contribution in [2.45, 2.75) is 83.8 Å². The van der Waals surface area contributed by atoms with E-state index < -0.39 is 5.97 Å². The number of benzene rings is 2. The minimum atomic E-state index is -0.890. The molecule has 6 nitrogen and oxygen atoms in total. The first-order valence-electron chi connectivity index (χ1n) is 14.2. The van der Waals surface area contributed by atoms with Crippen molar-refractivity contribution in [3.63, 3.8) is 0 Å². The molecule has 0 atom stereocenters. The van der Waals surface area contributed by atoms with Gasteiger partial charge < -0.3 is 19.6 Å². The zero-order valence-corrected chi connectivity index (χ0v) is 22.4. The van der Waals surface area contributed by atoms with Gasteiger partial charge in [-0.2, -0.15) is 0 Å². The number of rotatable bonds is 7. The third-order valence-electron chi connectivity index (χ3n) is 8.50. The molecule has 1 saturated carbocycles. The number of para-hydroxylation sites is 1. The molecule has 2 N–H and O–H groups in total. The van der Waals surface area contributed by atoms with E-state index in [1.54, 1.807) is 6.07 Å². The van der Waals surface area contributed by atoms with Gasteiger partial charge in [0.2, 0.25) is 0 Å². The molecule has 198 valence electrons. The number of nitrogens with one attached hydrogen (secondary N) is 1. The van der Waals surface area contributed by atoms with Crippen molar-refractivity contribution in [2.24, 2.45) is 0 Å². The first kappa shape index (κ1) is 24.9. The zero-order chi connectivity index (χ0) is 26.4. The number of fused-ring (bicyclic) bond motifs is 4. The second-order valence-corrected chi connectivity index (χ2v) is 11.4. The van der Waals surface area contributed by atoms with Crippen LogP contribution in [0.3, 0.4) is 0 Å². The van der Waals surface area contributed by atoms with Gasteiger partial charge in [0.1, 0.15) is 0 Å². The third kappa shape index (κ3) is 4.25. The summed E-state index contributed by atoms with van der Waals surface area (Å²) in [6.07, 6.45) is 9.54. The monoisotopic (exact) mass is 511 g/mol. The zero-order valence-electron chi connectivity index (χ0n) is 22.4. The van der Waals surface area contributed by atoms with E-state index in [0.29, 0.717) is 30.5 Å². The van der Waals surface area contributed by atoms with E-state index in [4.69, 9.17) is 0 Å². The van der Waals surface area contributed by atoms with Crippen LogP contribution >= 0.6 is 0 Å². The van der Waals surface area contributed by atoms with E-state index in [0.717, 1.165) is 59.9 Å². The topological polar surface area (TPSA) is 76.3 Å². The molecule has 0 saturated heterocycles. The molecule has 2 aliphatic rings. The van der Waals surface area contributed by atoms with Gasteiger partial charge in [-0.3, -0.25) is 4.79 Å². The van der Waals surface area contributed by atoms with Crippen LogP contribution in [0.4, 0.5) is 0 Å². The molecule has 2 aromatic carbocycles. The summed E-state index contributed by atoms with van der Waals surface area (Å²) in [6.45, 7) is 6.51. The van der Waals surface area contributed by atoms with Crippen molar-refractivity contribution >= 4 is 33.6 Å². The van der Waals surface area contributed by atoms with E-state index in [-0.39, 0.29) is 5.78 Å². The van der Waals surface area contributed by atoms with Gasteiger partial charge in [0, 0.05) is 65.7 Å². The van der Waals surface area contributed by atoms with Gasteiger partial charge in [0.25, 0.3) is 0 Å². The summed E-state index contributed by atoms with van der Waals surface area (Å²) in [5, 5.41) is 15.3. The Morgan fingerprint density at radius 1 is 1.03 bits per heavy atom. The molecule has 6 rings (SSSR count). The number of ketones is 1. The van der Waals surface area contributed by atoms with E-state index in [2.05, 4.69) is 52.7 Å². The number of Topliss-reactive ketones (excluding diaryl/α,β-unsaturated/α-hetero) is 1. The Labute approximate surface area is 223 Å². The Bertz CT molecular complexity index is 1530. The van der Waals surface area contributed by atoms with Crippen LogP contribution in [0.5, 0.6) is 0 Å². The number of carboxylic acids is 1. The normalized spacial score (nSPS) is 16.1. The lowest BCUT2D eigenvalue weighted by molar-refractivity contribution is 0.0696. The van der Waals surface area contributed by atoms with Crippen molar-refractivity contribution in [3.05, 3.63) is 59.3 Å². The summed E-state index contributed by atoms with van der Waals surface area (Å²) in [5.74, 6) is -0.254. The summed E-state index contributed by atoms with van der Waals surface area (Å²) in [7, 11) is 0. The van der Waals surface area contributed by atoms with Crippen LogP contribution in [0.15, 0.2) is 42.6 Å². The van der Waals surface area contributed by atoms with Crippen molar-refractivity contribution in [1.29, 1.82) is 0 Å². The lowest BCUT2D eigenvalue weighted by atomic mass is 9.81. The summed E-state index contributed by atoms with van der Waals surface area (Å²) < 4.78 is 4.67. The van der Waals surface area contributed by atoms with Crippen molar-refractivity contribution < 1.29 is 14.7 Å². The minimum absolute atomic E-state index is 0.178. The lowest BCUT2D eigenvalue weighted by Gasteiger charge is -2.25. The largest absolute Gasteiger partial charge is 0.478 e. The molecule has 0 radical (unpaired) electrons. The molecular formula is C32H37N3O3. The summed E-state index contributed by atoms with van der Waals surface area (Å²) in [6, 6.07) is 12.4. The fourth-order valence-electron chi connectivity index (χ4n) is 6.79. The van der Waals surface area contributed by atoms with E-state index >= 15 is 0 Å².